The number of benzene rings is 1. The number of hydrogen-bond donors (Lipinski definition) is 3. The van der Waals surface area contributed by atoms with E-state index >= 15 is 0 Å². The molecule has 0 heterocycles. The zero-order valence-corrected chi connectivity index (χ0v) is 10.2. The molecule has 0 spiro atoms. The van der Waals surface area contributed by atoms with Crippen LogP contribution < -0.4 is 11.1 Å². The van der Waals surface area contributed by atoms with Gasteiger partial charge in [0.2, 0.25) is 5.91 Å². The lowest BCUT2D eigenvalue weighted by Gasteiger charge is -2.18. The second-order valence-corrected chi connectivity index (χ2v) is 3.84. The fraction of sp³-hybridized carbons (Fsp3) is 0.333. The van der Waals surface area contributed by atoms with E-state index in [0.717, 1.165) is 0 Å². The van der Waals surface area contributed by atoms with Gasteiger partial charge in [0.25, 0.3) is 0 Å². The lowest BCUT2D eigenvalue weighted by Crippen LogP contribution is -2.43. The number of hydrogen-bond acceptors (Lipinski definition) is 5. The lowest BCUT2D eigenvalue weighted by molar-refractivity contribution is -0.145. The molecule has 0 saturated heterocycles. The smallest absolute Gasteiger partial charge is 0.333 e. The van der Waals surface area contributed by atoms with Crippen LogP contribution in [-0.2, 0) is 14.3 Å². The maximum atomic E-state index is 11.6. The number of carbonyl (C=O) groups excluding carboxylic acids is 2. The second-order valence-electron chi connectivity index (χ2n) is 3.84. The van der Waals surface area contributed by atoms with Gasteiger partial charge in [0.05, 0.1) is 13.2 Å². The van der Waals surface area contributed by atoms with Crippen LogP contribution in [0, 0.1) is 0 Å². The molecule has 18 heavy (non-hydrogen) atoms. The number of nitrogens with two attached hydrogens (primary N) is 1. The van der Waals surface area contributed by atoms with E-state index in [1.165, 1.54) is 38.3 Å². The highest BCUT2D eigenvalue weighted by atomic mass is 16.5. The lowest BCUT2D eigenvalue weighted by atomic mass is 10.1. The van der Waals surface area contributed by atoms with Crippen LogP contribution in [-0.4, -0.2) is 30.1 Å². The van der Waals surface area contributed by atoms with E-state index < -0.39 is 24.0 Å². The van der Waals surface area contributed by atoms with Crippen molar-refractivity contribution >= 4 is 11.9 Å². The monoisotopic (exact) mass is 252 g/mol. The minimum Gasteiger partial charge on any atom is -0.508 e. The third-order valence-corrected chi connectivity index (χ3v) is 2.36. The number of rotatable bonds is 4. The Kier molecular flexibility index (Phi) is 4.67. The van der Waals surface area contributed by atoms with Gasteiger partial charge in [0.1, 0.15) is 5.75 Å². The van der Waals surface area contributed by atoms with Crippen LogP contribution in [0.1, 0.15) is 18.5 Å². The largest absolute Gasteiger partial charge is 0.508 e. The molecule has 6 nitrogen and oxygen atoms in total. The van der Waals surface area contributed by atoms with Crippen LogP contribution in [0.4, 0.5) is 0 Å². The number of phenolic OH excluding ortho intramolecular Hbond substituents is 1. The summed E-state index contributed by atoms with van der Waals surface area (Å²) in [6.45, 7) is 1.51. The van der Waals surface area contributed by atoms with E-state index in [2.05, 4.69) is 10.1 Å². The summed E-state index contributed by atoms with van der Waals surface area (Å²) in [7, 11) is 1.23. The molecule has 0 aliphatic rings. The zero-order chi connectivity index (χ0) is 13.7. The summed E-state index contributed by atoms with van der Waals surface area (Å²) in [6.07, 6.45) is 0. The van der Waals surface area contributed by atoms with Crippen LogP contribution in [0.25, 0.3) is 0 Å². The van der Waals surface area contributed by atoms with Gasteiger partial charge in [0.15, 0.2) is 6.04 Å². The average Bonchev–Trinajstić information content (AvgIpc) is 2.35. The quantitative estimate of drug-likeness (QED) is 0.658. The molecule has 1 aromatic rings. The molecule has 0 aromatic heterocycles. The summed E-state index contributed by atoms with van der Waals surface area (Å²) in [4.78, 5) is 23.1. The number of aromatic hydroxyl groups is 1. The molecule has 0 aliphatic heterocycles. The normalized spacial score (nSPS) is 13.5. The maximum Gasteiger partial charge on any atom is 0.333 e. The summed E-state index contributed by atoms with van der Waals surface area (Å²) < 4.78 is 4.62. The van der Waals surface area contributed by atoms with Crippen LogP contribution in [0.2, 0.25) is 0 Å². The number of esters is 1. The summed E-state index contributed by atoms with van der Waals surface area (Å²) in [5, 5.41) is 11.7. The van der Waals surface area contributed by atoms with E-state index in [9.17, 15) is 14.7 Å². The fourth-order valence-corrected chi connectivity index (χ4v) is 1.34. The first-order valence-electron chi connectivity index (χ1n) is 5.38. The average molecular weight is 252 g/mol. The molecular weight excluding hydrogens is 236 g/mol. The zero-order valence-electron chi connectivity index (χ0n) is 10.2. The van der Waals surface area contributed by atoms with Gasteiger partial charge in [-0.1, -0.05) is 12.1 Å². The van der Waals surface area contributed by atoms with E-state index in [4.69, 9.17) is 5.73 Å². The van der Waals surface area contributed by atoms with Crippen molar-refractivity contribution in [2.45, 2.75) is 19.0 Å². The highest BCUT2D eigenvalue weighted by molar-refractivity contribution is 5.87. The van der Waals surface area contributed by atoms with Crippen LogP contribution in [0.15, 0.2) is 24.3 Å². The van der Waals surface area contributed by atoms with Crippen LogP contribution in [0.3, 0.4) is 0 Å². The SMILES string of the molecule is COC(=O)C(NC(=O)[C@H](C)N)c1ccc(O)cc1. The van der Waals surface area contributed by atoms with Gasteiger partial charge in [-0.15, -0.1) is 0 Å². The summed E-state index contributed by atoms with van der Waals surface area (Å²) >= 11 is 0. The Hall–Kier alpha value is -2.08. The topological polar surface area (TPSA) is 102 Å². The van der Waals surface area contributed by atoms with E-state index in [1.54, 1.807) is 0 Å². The summed E-state index contributed by atoms with van der Waals surface area (Å²) in [6, 6.07) is 4.23. The molecule has 0 saturated carbocycles. The predicted octanol–water partition coefficient (Wildman–Crippen LogP) is 0.0697. The van der Waals surface area contributed by atoms with Gasteiger partial charge in [-0.3, -0.25) is 4.79 Å². The van der Waals surface area contributed by atoms with E-state index in [0.29, 0.717) is 5.56 Å². The molecule has 0 aliphatic carbocycles. The number of carbonyl (C=O) groups is 2. The molecule has 1 rings (SSSR count). The van der Waals surface area contributed by atoms with Crippen molar-refractivity contribution in [3.05, 3.63) is 29.8 Å². The van der Waals surface area contributed by atoms with Gasteiger partial charge < -0.3 is 20.9 Å². The Morgan fingerprint density at radius 1 is 1.33 bits per heavy atom. The molecule has 4 N–H and O–H groups in total. The Morgan fingerprint density at radius 2 is 1.89 bits per heavy atom. The minimum atomic E-state index is -0.936. The third-order valence-electron chi connectivity index (χ3n) is 2.36. The van der Waals surface area contributed by atoms with Crippen molar-refractivity contribution in [2.24, 2.45) is 5.73 Å². The molecule has 0 radical (unpaired) electrons. The number of amides is 1. The van der Waals surface area contributed by atoms with Crippen molar-refractivity contribution in [2.75, 3.05) is 7.11 Å². The summed E-state index contributed by atoms with van der Waals surface area (Å²) in [5.74, 6) is -0.992. The number of phenols is 1. The Balaban J connectivity index is 2.95. The van der Waals surface area contributed by atoms with Gasteiger partial charge in [-0.05, 0) is 24.6 Å². The van der Waals surface area contributed by atoms with Gasteiger partial charge in [0, 0.05) is 0 Å². The Bertz CT molecular complexity index is 428. The highest BCUT2D eigenvalue weighted by Crippen LogP contribution is 2.18. The molecule has 1 amide bonds. The molecule has 98 valence electrons. The minimum absolute atomic E-state index is 0.0703. The first-order valence-corrected chi connectivity index (χ1v) is 5.38. The molecule has 0 bridgehead atoms. The first kappa shape index (κ1) is 14.0. The summed E-state index contributed by atoms with van der Waals surface area (Å²) in [5.41, 5.74) is 5.93. The first-order chi connectivity index (χ1) is 8.45. The van der Waals surface area contributed by atoms with Crippen molar-refractivity contribution in [1.82, 2.24) is 5.32 Å². The van der Waals surface area contributed by atoms with E-state index in [1.807, 2.05) is 0 Å². The standard InChI is InChI=1S/C12H16N2O4/c1-7(13)11(16)14-10(12(17)18-2)8-3-5-9(15)6-4-8/h3-7,10,15H,13H2,1-2H3,(H,14,16)/t7-,10?/m0/s1. The molecule has 2 atom stereocenters. The van der Waals surface area contributed by atoms with Gasteiger partial charge in [-0.2, -0.15) is 0 Å². The van der Waals surface area contributed by atoms with Crippen molar-refractivity contribution in [3.8, 4) is 5.75 Å². The van der Waals surface area contributed by atoms with E-state index in [-0.39, 0.29) is 5.75 Å². The number of methoxy groups -OCH3 is 1. The third kappa shape index (κ3) is 3.46. The number of nitrogens with one attached hydrogen (secondary N) is 1. The fourth-order valence-electron chi connectivity index (χ4n) is 1.34. The van der Waals surface area contributed by atoms with Crippen molar-refractivity contribution in [3.63, 3.8) is 0 Å². The maximum absolute atomic E-state index is 11.6. The van der Waals surface area contributed by atoms with Crippen LogP contribution >= 0.6 is 0 Å². The Morgan fingerprint density at radius 3 is 2.33 bits per heavy atom. The van der Waals surface area contributed by atoms with Crippen LogP contribution in [0.5, 0.6) is 5.75 Å². The highest BCUT2D eigenvalue weighted by Gasteiger charge is 2.24. The van der Waals surface area contributed by atoms with Gasteiger partial charge in [-0.25, -0.2) is 4.79 Å². The molecular formula is C12H16N2O4. The van der Waals surface area contributed by atoms with Crippen molar-refractivity contribution in [1.29, 1.82) is 0 Å². The van der Waals surface area contributed by atoms with Gasteiger partial charge >= 0.3 is 5.97 Å². The molecule has 1 unspecified atom stereocenters. The van der Waals surface area contributed by atoms with Crippen molar-refractivity contribution < 1.29 is 19.4 Å². The molecule has 1 aromatic carbocycles. The molecule has 0 fully saturated rings. The number of ether oxygens (including phenoxy) is 1. The second kappa shape index (κ2) is 6.02. The predicted molar refractivity (Wildman–Crippen MR) is 64.7 cm³/mol. The Labute approximate surface area is 105 Å². The molecule has 6 heteroatoms.